The second-order valence-electron chi connectivity index (χ2n) is 6.82. The van der Waals surface area contributed by atoms with Crippen molar-refractivity contribution in [1.29, 1.82) is 0 Å². The van der Waals surface area contributed by atoms with Crippen molar-refractivity contribution < 1.29 is 23.9 Å². The maximum Gasteiger partial charge on any atom is 0.287 e. The number of hydrazine groups is 1. The molecule has 0 saturated carbocycles. The average Bonchev–Trinajstić information content (AvgIpc) is 3.32. The van der Waals surface area contributed by atoms with Gasteiger partial charge in [-0.1, -0.05) is 30.3 Å². The molecule has 4 rings (SSSR count). The molecule has 2 heterocycles. The minimum Gasteiger partial charge on any atom is -0.486 e. The minimum absolute atomic E-state index is 0.0104. The highest BCUT2D eigenvalue weighted by Crippen LogP contribution is 2.31. The Morgan fingerprint density at radius 1 is 0.903 bits per heavy atom. The zero-order valence-corrected chi connectivity index (χ0v) is 16.5. The zero-order valence-electron chi connectivity index (χ0n) is 16.5. The van der Waals surface area contributed by atoms with Crippen LogP contribution in [0.5, 0.6) is 11.5 Å². The number of benzene rings is 2. The summed E-state index contributed by atoms with van der Waals surface area (Å²) < 4.78 is 10.9. The van der Waals surface area contributed by atoms with Crippen LogP contribution in [-0.4, -0.2) is 41.0 Å². The van der Waals surface area contributed by atoms with Gasteiger partial charge in [-0.3, -0.25) is 30.3 Å². The van der Waals surface area contributed by atoms with E-state index < -0.39 is 11.8 Å². The molecule has 0 saturated heterocycles. The quantitative estimate of drug-likeness (QED) is 0.415. The molecule has 0 unspecified atom stereocenters. The van der Waals surface area contributed by atoms with Crippen molar-refractivity contribution in [2.45, 2.75) is 12.8 Å². The number of hydrogen-bond donors (Lipinski definition) is 3. The molecule has 1 aliphatic rings. The first kappa shape index (κ1) is 20.1. The van der Waals surface area contributed by atoms with E-state index in [2.05, 4.69) is 21.0 Å². The minimum atomic E-state index is -0.541. The standard InChI is InChI=1S/C22H20N4O5/c27-18(15-6-8-19-20(12-15)31-11-10-30-19)7-9-21(28)25-26-22(29)17-13-16(23-24-17)14-4-2-1-3-5-14/h1-6,8,12-13H,7,9-11H2,(H,23,24)(H,25,28)(H,26,29). The third-order valence-electron chi connectivity index (χ3n) is 4.65. The number of ether oxygens (including phenoxy) is 2. The van der Waals surface area contributed by atoms with Crippen LogP contribution in [0.3, 0.4) is 0 Å². The number of amides is 2. The fourth-order valence-electron chi connectivity index (χ4n) is 3.04. The van der Waals surface area contributed by atoms with Gasteiger partial charge in [-0.15, -0.1) is 0 Å². The second-order valence-corrected chi connectivity index (χ2v) is 6.82. The Bertz CT molecular complexity index is 1110. The molecule has 1 aromatic heterocycles. The lowest BCUT2D eigenvalue weighted by Crippen LogP contribution is -2.41. The molecule has 0 atom stereocenters. The van der Waals surface area contributed by atoms with Gasteiger partial charge in [0, 0.05) is 24.0 Å². The average molecular weight is 420 g/mol. The van der Waals surface area contributed by atoms with Crippen LogP contribution in [0.25, 0.3) is 11.3 Å². The molecule has 0 bridgehead atoms. The SMILES string of the molecule is O=C(CCC(=O)c1ccc2c(c1)OCCO2)NNC(=O)c1cc(-c2ccccc2)n[nH]1. The van der Waals surface area contributed by atoms with Crippen molar-refractivity contribution in [2.24, 2.45) is 0 Å². The van der Waals surface area contributed by atoms with Gasteiger partial charge < -0.3 is 9.47 Å². The number of nitrogens with zero attached hydrogens (tertiary/aromatic N) is 1. The van der Waals surface area contributed by atoms with E-state index in [4.69, 9.17) is 9.47 Å². The van der Waals surface area contributed by atoms with Crippen molar-refractivity contribution in [1.82, 2.24) is 21.0 Å². The molecule has 158 valence electrons. The van der Waals surface area contributed by atoms with E-state index in [9.17, 15) is 14.4 Å². The number of H-pyrrole nitrogens is 1. The molecule has 31 heavy (non-hydrogen) atoms. The summed E-state index contributed by atoms with van der Waals surface area (Å²) in [5, 5.41) is 6.73. The van der Waals surface area contributed by atoms with Crippen molar-refractivity contribution in [2.75, 3.05) is 13.2 Å². The Morgan fingerprint density at radius 2 is 1.68 bits per heavy atom. The van der Waals surface area contributed by atoms with Gasteiger partial charge in [-0.25, -0.2) is 0 Å². The van der Waals surface area contributed by atoms with Gasteiger partial charge in [0.05, 0.1) is 5.69 Å². The Balaban J connectivity index is 1.25. The number of aromatic nitrogens is 2. The first-order valence-corrected chi connectivity index (χ1v) is 9.73. The Kier molecular flexibility index (Phi) is 5.93. The van der Waals surface area contributed by atoms with E-state index in [0.717, 1.165) is 5.56 Å². The van der Waals surface area contributed by atoms with E-state index in [0.29, 0.717) is 36.0 Å². The van der Waals surface area contributed by atoms with E-state index in [1.54, 1.807) is 24.3 Å². The summed E-state index contributed by atoms with van der Waals surface area (Å²) in [6, 6.07) is 15.9. The molecule has 9 nitrogen and oxygen atoms in total. The molecule has 0 spiro atoms. The van der Waals surface area contributed by atoms with E-state index in [1.165, 1.54) is 0 Å². The molecule has 0 radical (unpaired) electrons. The van der Waals surface area contributed by atoms with E-state index in [-0.39, 0.29) is 24.3 Å². The molecule has 2 aromatic carbocycles. The summed E-state index contributed by atoms with van der Waals surface area (Å²) in [7, 11) is 0. The number of carbonyl (C=O) groups is 3. The molecule has 9 heteroatoms. The molecule has 2 amide bonds. The lowest BCUT2D eigenvalue weighted by Gasteiger charge is -2.18. The maximum atomic E-state index is 12.4. The first-order valence-electron chi connectivity index (χ1n) is 9.73. The third kappa shape index (κ3) is 4.89. The normalized spacial score (nSPS) is 12.1. The lowest BCUT2D eigenvalue weighted by molar-refractivity contribution is -0.121. The number of nitrogens with one attached hydrogen (secondary N) is 3. The van der Waals surface area contributed by atoms with Gasteiger partial charge >= 0.3 is 0 Å². The summed E-state index contributed by atoms with van der Waals surface area (Å²) in [5.41, 5.74) is 6.73. The highest BCUT2D eigenvalue weighted by Gasteiger charge is 2.16. The van der Waals surface area contributed by atoms with E-state index >= 15 is 0 Å². The molecule has 1 aliphatic heterocycles. The summed E-state index contributed by atoms with van der Waals surface area (Å²) >= 11 is 0. The van der Waals surface area contributed by atoms with Crippen molar-refractivity contribution in [3.05, 3.63) is 65.9 Å². The number of aromatic amines is 1. The van der Waals surface area contributed by atoms with Gasteiger partial charge in [-0.05, 0) is 24.3 Å². The van der Waals surface area contributed by atoms with Crippen LogP contribution in [0.15, 0.2) is 54.6 Å². The number of carbonyl (C=O) groups excluding carboxylic acids is 3. The molecule has 0 aliphatic carbocycles. The predicted octanol–water partition coefficient (Wildman–Crippen LogP) is 2.27. The number of ketones is 1. The highest BCUT2D eigenvalue weighted by atomic mass is 16.6. The number of Topliss-reactive ketones (excluding diaryl/α,β-unsaturated/α-hetero) is 1. The van der Waals surface area contributed by atoms with Gasteiger partial charge in [0.2, 0.25) is 5.91 Å². The number of fused-ring (bicyclic) bond motifs is 1. The van der Waals surface area contributed by atoms with Gasteiger partial charge in [0.25, 0.3) is 5.91 Å². The summed E-state index contributed by atoms with van der Waals surface area (Å²) in [6.07, 6.45) is -0.0879. The van der Waals surface area contributed by atoms with Crippen LogP contribution in [0, 0.1) is 0 Å². The van der Waals surface area contributed by atoms with Gasteiger partial charge in [0.15, 0.2) is 17.3 Å². The maximum absolute atomic E-state index is 12.4. The van der Waals surface area contributed by atoms with E-state index in [1.807, 2.05) is 30.3 Å². The second kappa shape index (κ2) is 9.12. The van der Waals surface area contributed by atoms with Crippen molar-refractivity contribution in [3.63, 3.8) is 0 Å². The van der Waals surface area contributed by atoms with Crippen LogP contribution in [-0.2, 0) is 4.79 Å². The molecular weight excluding hydrogens is 400 g/mol. The molecule has 3 aromatic rings. The summed E-state index contributed by atoms with van der Waals surface area (Å²) in [4.78, 5) is 36.6. The predicted molar refractivity (Wildman–Crippen MR) is 111 cm³/mol. The zero-order chi connectivity index (χ0) is 21.6. The summed E-state index contributed by atoms with van der Waals surface area (Å²) in [5.74, 6) is -0.122. The van der Waals surface area contributed by atoms with Crippen molar-refractivity contribution in [3.8, 4) is 22.8 Å². The largest absolute Gasteiger partial charge is 0.486 e. The topological polar surface area (TPSA) is 122 Å². The van der Waals surface area contributed by atoms with Gasteiger partial charge in [-0.2, -0.15) is 5.10 Å². The fraction of sp³-hybridized carbons (Fsp3) is 0.182. The molecule has 3 N–H and O–H groups in total. The highest BCUT2D eigenvalue weighted by molar-refractivity contribution is 5.99. The Morgan fingerprint density at radius 3 is 2.48 bits per heavy atom. The lowest BCUT2D eigenvalue weighted by atomic mass is 10.1. The molecule has 0 fully saturated rings. The van der Waals surface area contributed by atoms with Crippen LogP contribution >= 0.6 is 0 Å². The molecular formula is C22H20N4O5. The first-order chi connectivity index (χ1) is 15.1. The Hall–Kier alpha value is -4.14. The van der Waals surface area contributed by atoms with Crippen LogP contribution in [0.2, 0.25) is 0 Å². The van der Waals surface area contributed by atoms with Crippen LogP contribution in [0.1, 0.15) is 33.7 Å². The van der Waals surface area contributed by atoms with Crippen molar-refractivity contribution >= 4 is 17.6 Å². The fourth-order valence-corrected chi connectivity index (χ4v) is 3.04. The number of hydrogen-bond acceptors (Lipinski definition) is 6. The third-order valence-corrected chi connectivity index (χ3v) is 4.65. The monoisotopic (exact) mass is 420 g/mol. The Labute approximate surface area is 177 Å². The number of rotatable bonds is 6. The van der Waals surface area contributed by atoms with Gasteiger partial charge in [0.1, 0.15) is 18.9 Å². The van der Waals surface area contributed by atoms with Crippen LogP contribution in [0.4, 0.5) is 0 Å². The smallest absolute Gasteiger partial charge is 0.287 e. The van der Waals surface area contributed by atoms with Crippen LogP contribution < -0.4 is 20.3 Å². The summed E-state index contributed by atoms with van der Waals surface area (Å²) in [6.45, 7) is 0.897.